The van der Waals surface area contributed by atoms with Gasteiger partial charge in [-0.1, -0.05) is 56.3 Å². The maximum Gasteiger partial charge on any atom is 0.327 e. The van der Waals surface area contributed by atoms with E-state index in [0.717, 1.165) is 23.2 Å². The highest BCUT2D eigenvalue weighted by Gasteiger charge is 2.31. The molecule has 2 aromatic carbocycles. The summed E-state index contributed by atoms with van der Waals surface area (Å²) >= 11 is 3.31. The molecule has 8 nitrogen and oxygen atoms in total. The van der Waals surface area contributed by atoms with E-state index in [1.165, 1.54) is 6.20 Å². The summed E-state index contributed by atoms with van der Waals surface area (Å²) in [5.41, 5.74) is 2.73. The Bertz CT molecular complexity index is 1320. The lowest BCUT2D eigenvalue weighted by Gasteiger charge is -2.33. The lowest BCUT2D eigenvalue weighted by atomic mass is 9.92. The molecular weight excluding hydrogens is 560 g/mol. The van der Waals surface area contributed by atoms with E-state index in [2.05, 4.69) is 31.5 Å². The number of para-hydroxylation sites is 1. The zero-order valence-corrected chi connectivity index (χ0v) is 23.7. The molecule has 1 aliphatic heterocycles. The fourth-order valence-corrected chi connectivity index (χ4v) is 4.89. The number of nitrogens with zero attached hydrogens (tertiary/aromatic N) is 2. The van der Waals surface area contributed by atoms with Crippen molar-refractivity contribution in [3.05, 3.63) is 94.2 Å². The Labute approximate surface area is 237 Å². The van der Waals surface area contributed by atoms with Crippen molar-refractivity contribution in [3.8, 4) is 0 Å². The standard InChI is InChI=1S/C30H33BrN4O4/c1-30(2,20-39-29(38)27-25-11-7-6-8-21(25)12-14-33-27)19-35(24-9-4-3-5-10-24)26(36)13-15-34-28(37)22-16-23(31)18-32-17-22/h3-11,16-18,27,33H,12-15,19-20H2,1-2H3,(H,34,37). The molecule has 1 atom stereocenters. The van der Waals surface area contributed by atoms with Crippen molar-refractivity contribution < 1.29 is 19.1 Å². The summed E-state index contributed by atoms with van der Waals surface area (Å²) in [5, 5.41) is 6.05. The van der Waals surface area contributed by atoms with Crippen LogP contribution in [0.2, 0.25) is 0 Å². The van der Waals surface area contributed by atoms with Crippen molar-refractivity contribution in [2.45, 2.75) is 32.7 Å². The molecule has 0 saturated heterocycles. The average Bonchev–Trinajstić information content (AvgIpc) is 2.94. The van der Waals surface area contributed by atoms with E-state index < -0.39 is 11.5 Å². The lowest BCUT2D eigenvalue weighted by Crippen LogP contribution is -2.43. The number of benzene rings is 2. The number of pyridine rings is 1. The van der Waals surface area contributed by atoms with E-state index >= 15 is 0 Å². The third-order valence-corrected chi connectivity index (χ3v) is 6.93. The third kappa shape index (κ3) is 7.74. The fraction of sp³-hybridized carbons (Fsp3) is 0.333. The molecular formula is C30H33BrN4O4. The molecule has 1 aliphatic rings. The molecule has 2 heterocycles. The normalized spacial score (nSPS) is 14.7. The molecule has 9 heteroatoms. The van der Waals surface area contributed by atoms with Crippen molar-refractivity contribution in [3.63, 3.8) is 0 Å². The summed E-state index contributed by atoms with van der Waals surface area (Å²) < 4.78 is 6.49. The maximum atomic E-state index is 13.4. The smallest absolute Gasteiger partial charge is 0.327 e. The lowest BCUT2D eigenvalue weighted by molar-refractivity contribution is -0.149. The van der Waals surface area contributed by atoms with Gasteiger partial charge in [-0.05, 0) is 51.7 Å². The van der Waals surface area contributed by atoms with Crippen LogP contribution >= 0.6 is 15.9 Å². The summed E-state index contributed by atoms with van der Waals surface area (Å²) in [5.74, 6) is -0.762. The molecule has 204 valence electrons. The van der Waals surface area contributed by atoms with Crippen molar-refractivity contribution in [2.24, 2.45) is 5.41 Å². The van der Waals surface area contributed by atoms with Crippen molar-refractivity contribution in [2.75, 3.05) is 31.1 Å². The Kier molecular flexibility index (Phi) is 9.48. The molecule has 0 fully saturated rings. The molecule has 1 aromatic heterocycles. The minimum absolute atomic E-state index is 0.112. The number of esters is 1. The number of ether oxygens (including phenoxy) is 1. The Hall–Kier alpha value is -3.56. The Morgan fingerprint density at radius 2 is 1.85 bits per heavy atom. The number of hydrogen-bond acceptors (Lipinski definition) is 6. The molecule has 3 aromatic rings. The third-order valence-electron chi connectivity index (χ3n) is 6.50. The zero-order chi connectivity index (χ0) is 27.8. The van der Waals surface area contributed by atoms with Crippen LogP contribution in [0.1, 0.15) is 47.8 Å². The van der Waals surface area contributed by atoms with Gasteiger partial charge in [-0.25, -0.2) is 4.79 Å². The second-order valence-electron chi connectivity index (χ2n) is 10.3. The van der Waals surface area contributed by atoms with Gasteiger partial charge in [-0.2, -0.15) is 0 Å². The molecule has 1 unspecified atom stereocenters. The van der Waals surface area contributed by atoms with Gasteiger partial charge in [-0.15, -0.1) is 0 Å². The van der Waals surface area contributed by atoms with Crippen LogP contribution in [0.5, 0.6) is 0 Å². The molecule has 4 rings (SSSR count). The molecule has 0 bridgehead atoms. The number of rotatable bonds is 10. The first-order valence-electron chi connectivity index (χ1n) is 13.0. The highest BCUT2D eigenvalue weighted by molar-refractivity contribution is 9.10. The largest absolute Gasteiger partial charge is 0.464 e. The summed E-state index contributed by atoms with van der Waals surface area (Å²) in [7, 11) is 0. The van der Waals surface area contributed by atoms with Gasteiger partial charge in [0.2, 0.25) is 5.91 Å². The monoisotopic (exact) mass is 592 g/mol. The fourth-order valence-electron chi connectivity index (χ4n) is 4.53. The number of nitrogens with one attached hydrogen (secondary N) is 2. The van der Waals surface area contributed by atoms with Gasteiger partial charge in [0.05, 0.1) is 12.2 Å². The van der Waals surface area contributed by atoms with Crippen LogP contribution in [0.4, 0.5) is 5.69 Å². The van der Waals surface area contributed by atoms with Crippen LogP contribution in [0, 0.1) is 5.41 Å². The second kappa shape index (κ2) is 13.0. The number of anilines is 1. The van der Waals surface area contributed by atoms with Crippen LogP contribution in [-0.2, 0) is 20.7 Å². The molecule has 0 aliphatic carbocycles. The number of carbonyl (C=O) groups excluding carboxylic acids is 3. The van der Waals surface area contributed by atoms with Crippen LogP contribution in [-0.4, -0.2) is 49.0 Å². The maximum absolute atomic E-state index is 13.4. The van der Waals surface area contributed by atoms with Crippen molar-refractivity contribution in [1.29, 1.82) is 0 Å². The van der Waals surface area contributed by atoms with Gasteiger partial charge in [0.1, 0.15) is 6.04 Å². The second-order valence-corrected chi connectivity index (χ2v) is 11.2. The van der Waals surface area contributed by atoms with Gasteiger partial charge in [0.15, 0.2) is 0 Å². The molecule has 0 saturated carbocycles. The molecule has 39 heavy (non-hydrogen) atoms. The molecule has 2 amide bonds. The first kappa shape index (κ1) is 28.4. The Balaban J connectivity index is 1.37. The van der Waals surface area contributed by atoms with Gasteiger partial charge in [0.25, 0.3) is 5.91 Å². The van der Waals surface area contributed by atoms with E-state index in [9.17, 15) is 14.4 Å². The average molecular weight is 594 g/mol. The number of hydrogen-bond donors (Lipinski definition) is 2. The van der Waals surface area contributed by atoms with Crippen LogP contribution < -0.4 is 15.5 Å². The minimum Gasteiger partial charge on any atom is -0.464 e. The summed E-state index contributed by atoms with van der Waals surface area (Å²) in [6.07, 6.45) is 4.06. The van der Waals surface area contributed by atoms with Gasteiger partial charge in [0, 0.05) is 54.0 Å². The number of carbonyl (C=O) groups is 3. The highest BCUT2D eigenvalue weighted by Crippen LogP contribution is 2.27. The highest BCUT2D eigenvalue weighted by atomic mass is 79.9. The predicted molar refractivity (Wildman–Crippen MR) is 153 cm³/mol. The topological polar surface area (TPSA) is 101 Å². The number of halogens is 1. The van der Waals surface area contributed by atoms with E-state index in [1.807, 2.05) is 68.4 Å². The Morgan fingerprint density at radius 3 is 2.62 bits per heavy atom. The van der Waals surface area contributed by atoms with E-state index in [0.29, 0.717) is 23.1 Å². The first-order valence-corrected chi connectivity index (χ1v) is 13.7. The summed E-state index contributed by atoms with van der Waals surface area (Å²) in [4.78, 5) is 44.5. The SMILES string of the molecule is CC(C)(COC(=O)C1NCCc2ccccc21)CN(C(=O)CCNC(=O)c1cncc(Br)c1)c1ccccc1. The molecule has 0 radical (unpaired) electrons. The van der Waals surface area contributed by atoms with Gasteiger partial charge in [-0.3, -0.25) is 14.6 Å². The van der Waals surface area contributed by atoms with E-state index in [4.69, 9.17) is 4.74 Å². The number of amides is 2. The van der Waals surface area contributed by atoms with Gasteiger partial charge < -0.3 is 20.3 Å². The van der Waals surface area contributed by atoms with Crippen LogP contribution in [0.25, 0.3) is 0 Å². The first-order chi connectivity index (χ1) is 18.7. The summed E-state index contributed by atoms with van der Waals surface area (Å²) in [6.45, 7) is 5.30. The van der Waals surface area contributed by atoms with E-state index in [-0.39, 0.29) is 37.4 Å². The van der Waals surface area contributed by atoms with Crippen LogP contribution in [0.15, 0.2) is 77.5 Å². The van der Waals surface area contributed by atoms with E-state index in [1.54, 1.807) is 17.2 Å². The van der Waals surface area contributed by atoms with Crippen molar-refractivity contribution in [1.82, 2.24) is 15.6 Å². The quantitative estimate of drug-likeness (QED) is 0.337. The minimum atomic E-state index is -0.527. The number of fused-ring (bicyclic) bond motifs is 1. The zero-order valence-electron chi connectivity index (χ0n) is 22.2. The molecule has 0 spiro atoms. The predicted octanol–water partition coefficient (Wildman–Crippen LogP) is 4.45. The Morgan fingerprint density at radius 1 is 1.10 bits per heavy atom. The number of aromatic nitrogens is 1. The van der Waals surface area contributed by atoms with Gasteiger partial charge >= 0.3 is 5.97 Å². The summed E-state index contributed by atoms with van der Waals surface area (Å²) in [6, 6.07) is 18.5. The molecule has 2 N–H and O–H groups in total. The van der Waals surface area contributed by atoms with Crippen molar-refractivity contribution >= 4 is 39.4 Å². The van der Waals surface area contributed by atoms with Crippen LogP contribution in [0.3, 0.4) is 0 Å².